The standard InChI is InChI=1S/C20H24N2O2/c1-3-24-19-6-4-5-18(15-19)21-11-13-22(14-12-21)20(23)17-9-7-16(2)8-10-17/h4-10,15H,3,11-14H2,1-2H3. The van der Waals surface area contributed by atoms with Crippen LogP contribution in [-0.2, 0) is 0 Å². The Balaban J connectivity index is 1.62. The van der Waals surface area contributed by atoms with Gasteiger partial charge in [-0.15, -0.1) is 0 Å². The molecule has 0 aromatic heterocycles. The maximum Gasteiger partial charge on any atom is 0.253 e. The number of piperazine rings is 1. The summed E-state index contributed by atoms with van der Waals surface area (Å²) in [5.41, 5.74) is 3.10. The van der Waals surface area contributed by atoms with Gasteiger partial charge in [0.05, 0.1) is 6.61 Å². The highest BCUT2D eigenvalue weighted by atomic mass is 16.5. The second-order valence-electron chi connectivity index (χ2n) is 6.08. The van der Waals surface area contributed by atoms with E-state index < -0.39 is 0 Å². The highest BCUT2D eigenvalue weighted by molar-refractivity contribution is 5.94. The molecule has 24 heavy (non-hydrogen) atoms. The van der Waals surface area contributed by atoms with Crippen molar-refractivity contribution >= 4 is 11.6 Å². The van der Waals surface area contributed by atoms with Crippen LogP contribution in [0.15, 0.2) is 48.5 Å². The van der Waals surface area contributed by atoms with E-state index in [1.807, 2.05) is 55.1 Å². The molecule has 1 saturated heterocycles. The highest BCUT2D eigenvalue weighted by Crippen LogP contribution is 2.22. The lowest BCUT2D eigenvalue weighted by atomic mass is 10.1. The van der Waals surface area contributed by atoms with Crippen molar-refractivity contribution in [2.75, 3.05) is 37.7 Å². The largest absolute Gasteiger partial charge is 0.494 e. The molecule has 4 heteroatoms. The molecule has 0 aliphatic carbocycles. The summed E-state index contributed by atoms with van der Waals surface area (Å²) in [6.45, 7) is 7.85. The number of ether oxygens (including phenoxy) is 1. The smallest absolute Gasteiger partial charge is 0.253 e. The summed E-state index contributed by atoms with van der Waals surface area (Å²) >= 11 is 0. The van der Waals surface area contributed by atoms with Gasteiger partial charge in [0, 0.05) is 43.5 Å². The van der Waals surface area contributed by atoms with Gasteiger partial charge in [0.15, 0.2) is 0 Å². The highest BCUT2D eigenvalue weighted by Gasteiger charge is 2.22. The van der Waals surface area contributed by atoms with E-state index in [2.05, 4.69) is 17.0 Å². The van der Waals surface area contributed by atoms with E-state index in [1.165, 1.54) is 5.56 Å². The lowest BCUT2D eigenvalue weighted by Crippen LogP contribution is -2.48. The van der Waals surface area contributed by atoms with Crippen molar-refractivity contribution < 1.29 is 9.53 Å². The third kappa shape index (κ3) is 3.70. The fourth-order valence-electron chi connectivity index (χ4n) is 2.98. The number of rotatable bonds is 4. The second-order valence-corrected chi connectivity index (χ2v) is 6.08. The maximum absolute atomic E-state index is 12.6. The first-order chi connectivity index (χ1) is 11.7. The molecule has 1 heterocycles. The lowest BCUT2D eigenvalue weighted by molar-refractivity contribution is 0.0747. The number of hydrogen-bond acceptors (Lipinski definition) is 3. The molecule has 0 atom stereocenters. The molecule has 2 aromatic carbocycles. The van der Waals surface area contributed by atoms with E-state index in [0.717, 1.165) is 43.2 Å². The molecule has 0 unspecified atom stereocenters. The zero-order chi connectivity index (χ0) is 16.9. The molecule has 0 spiro atoms. The van der Waals surface area contributed by atoms with Crippen LogP contribution in [0.4, 0.5) is 5.69 Å². The molecule has 3 rings (SSSR count). The molecule has 0 saturated carbocycles. The average molecular weight is 324 g/mol. The molecule has 2 aromatic rings. The van der Waals surface area contributed by atoms with E-state index in [4.69, 9.17) is 4.74 Å². The molecule has 1 fully saturated rings. The molecule has 0 N–H and O–H groups in total. The van der Waals surface area contributed by atoms with Gasteiger partial charge < -0.3 is 14.5 Å². The van der Waals surface area contributed by atoms with Crippen molar-refractivity contribution in [2.24, 2.45) is 0 Å². The average Bonchev–Trinajstić information content (AvgIpc) is 2.62. The second kappa shape index (κ2) is 7.39. The van der Waals surface area contributed by atoms with Crippen molar-refractivity contribution in [2.45, 2.75) is 13.8 Å². The Morgan fingerprint density at radius 1 is 1.04 bits per heavy atom. The minimum atomic E-state index is 0.123. The van der Waals surface area contributed by atoms with Gasteiger partial charge in [-0.25, -0.2) is 0 Å². The molecular formula is C20H24N2O2. The van der Waals surface area contributed by atoms with Crippen LogP contribution in [0.5, 0.6) is 5.75 Å². The zero-order valence-electron chi connectivity index (χ0n) is 14.4. The summed E-state index contributed by atoms with van der Waals surface area (Å²) in [7, 11) is 0. The molecule has 1 amide bonds. The summed E-state index contributed by atoms with van der Waals surface area (Å²) in [4.78, 5) is 16.8. The fourth-order valence-corrected chi connectivity index (χ4v) is 2.98. The Labute approximate surface area is 143 Å². The van der Waals surface area contributed by atoms with Crippen LogP contribution >= 0.6 is 0 Å². The van der Waals surface area contributed by atoms with Crippen molar-refractivity contribution in [1.29, 1.82) is 0 Å². The summed E-state index contributed by atoms with van der Waals surface area (Å²) in [6.07, 6.45) is 0. The summed E-state index contributed by atoms with van der Waals surface area (Å²) in [6, 6.07) is 16.0. The minimum absolute atomic E-state index is 0.123. The fraction of sp³-hybridized carbons (Fsp3) is 0.350. The van der Waals surface area contributed by atoms with Gasteiger partial charge in [-0.1, -0.05) is 23.8 Å². The van der Waals surface area contributed by atoms with Gasteiger partial charge >= 0.3 is 0 Å². The van der Waals surface area contributed by atoms with Crippen LogP contribution in [0.3, 0.4) is 0 Å². The number of aryl methyl sites for hydroxylation is 1. The number of anilines is 1. The van der Waals surface area contributed by atoms with Crippen LogP contribution in [0, 0.1) is 6.92 Å². The summed E-state index contributed by atoms with van der Waals surface area (Å²) in [5, 5.41) is 0. The quantitative estimate of drug-likeness (QED) is 0.864. The Kier molecular flexibility index (Phi) is 5.04. The van der Waals surface area contributed by atoms with E-state index in [1.54, 1.807) is 0 Å². The van der Waals surface area contributed by atoms with Gasteiger partial charge in [-0.05, 0) is 38.1 Å². The lowest BCUT2D eigenvalue weighted by Gasteiger charge is -2.36. The molecule has 1 aliphatic heterocycles. The van der Waals surface area contributed by atoms with Crippen LogP contribution in [0.1, 0.15) is 22.8 Å². The Morgan fingerprint density at radius 2 is 1.75 bits per heavy atom. The SMILES string of the molecule is CCOc1cccc(N2CCN(C(=O)c3ccc(C)cc3)CC2)c1. The molecule has 1 aliphatic rings. The number of hydrogen-bond donors (Lipinski definition) is 0. The topological polar surface area (TPSA) is 32.8 Å². The van der Waals surface area contributed by atoms with Gasteiger partial charge in [-0.3, -0.25) is 4.79 Å². The van der Waals surface area contributed by atoms with E-state index in [0.29, 0.717) is 6.61 Å². The van der Waals surface area contributed by atoms with Crippen LogP contribution < -0.4 is 9.64 Å². The normalized spacial score (nSPS) is 14.6. The summed E-state index contributed by atoms with van der Waals surface area (Å²) in [5.74, 6) is 1.02. The van der Waals surface area contributed by atoms with Crippen molar-refractivity contribution in [3.05, 3.63) is 59.7 Å². The monoisotopic (exact) mass is 324 g/mol. The first-order valence-corrected chi connectivity index (χ1v) is 8.51. The number of nitrogens with zero attached hydrogens (tertiary/aromatic N) is 2. The minimum Gasteiger partial charge on any atom is -0.494 e. The molecule has 126 valence electrons. The predicted octanol–water partition coefficient (Wildman–Crippen LogP) is 3.36. The van der Waals surface area contributed by atoms with Crippen LogP contribution in [0.2, 0.25) is 0 Å². The van der Waals surface area contributed by atoms with Gasteiger partial charge in [0.1, 0.15) is 5.75 Å². The zero-order valence-corrected chi connectivity index (χ0v) is 14.4. The molecule has 4 nitrogen and oxygen atoms in total. The van der Waals surface area contributed by atoms with E-state index >= 15 is 0 Å². The van der Waals surface area contributed by atoms with Crippen molar-refractivity contribution in [3.63, 3.8) is 0 Å². The van der Waals surface area contributed by atoms with Crippen LogP contribution in [-0.4, -0.2) is 43.6 Å². The maximum atomic E-state index is 12.6. The van der Waals surface area contributed by atoms with Gasteiger partial charge in [0.25, 0.3) is 5.91 Å². The predicted molar refractivity (Wildman–Crippen MR) is 96.9 cm³/mol. The first kappa shape index (κ1) is 16.4. The molecular weight excluding hydrogens is 300 g/mol. The van der Waals surface area contributed by atoms with Crippen molar-refractivity contribution in [3.8, 4) is 5.75 Å². The number of benzene rings is 2. The first-order valence-electron chi connectivity index (χ1n) is 8.51. The van der Waals surface area contributed by atoms with Crippen molar-refractivity contribution in [1.82, 2.24) is 4.90 Å². The van der Waals surface area contributed by atoms with Crippen LogP contribution in [0.25, 0.3) is 0 Å². The Hall–Kier alpha value is -2.49. The molecule has 0 radical (unpaired) electrons. The Bertz CT molecular complexity index is 689. The Morgan fingerprint density at radius 3 is 2.42 bits per heavy atom. The third-order valence-corrected chi connectivity index (χ3v) is 4.36. The van der Waals surface area contributed by atoms with E-state index in [9.17, 15) is 4.79 Å². The van der Waals surface area contributed by atoms with Gasteiger partial charge in [-0.2, -0.15) is 0 Å². The van der Waals surface area contributed by atoms with E-state index in [-0.39, 0.29) is 5.91 Å². The number of amides is 1. The third-order valence-electron chi connectivity index (χ3n) is 4.36. The van der Waals surface area contributed by atoms with Gasteiger partial charge in [0.2, 0.25) is 0 Å². The molecule has 0 bridgehead atoms. The summed E-state index contributed by atoms with van der Waals surface area (Å²) < 4.78 is 5.57. The number of carbonyl (C=O) groups is 1. The number of carbonyl (C=O) groups excluding carboxylic acids is 1.